The molecule has 2 aromatic rings. The Labute approximate surface area is 124 Å². The summed E-state index contributed by atoms with van der Waals surface area (Å²) in [6, 6.07) is 8.06. The van der Waals surface area contributed by atoms with E-state index in [9.17, 15) is 4.79 Å². The van der Waals surface area contributed by atoms with Gasteiger partial charge in [0.1, 0.15) is 11.4 Å². The minimum Gasteiger partial charge on any atom is -0.497 e. The fourth-order valence-corrected chi connectivity index (χ4v) is 2.93. The Kier molecular flexibility index (Phi) is 3.59. The number of aryl methyl sites for hydroxylation is 1. The lowest BCUT2D eigenvalue weighted by molar-refractivity contribution is 0.0646. The molecule has 0 saturated carbocycles. The van der Waals surface area contributed by atoms with Crippen molar-refractivity contribution in [3.05, 3.63) is 30.0 Å². The normalized spacial score (nSPS) is 19.0. The number of rotatable bonds is 2. The molecule has 1 aromatic heterocycles. The van der Waals surface area contributed by atoms with Gasteiger partial charge in [0.05, 0.1) is 12.6 Å². The first-order chi connectivity index (χ1) is 10.1. The summed E-state index contributed by atoms with van der Waals surface area (Å²) in [6.45, 7) is 4.54. The highest BCUT2D eigenvalue weighted by Crippen LogP contribution is 2.25. The SMILES string of the molecule is COc1ccc2cc(C(=O)N3CCNCC3C)n(C)c2c1. The zero-order valence-electron chi connectivity index (χ0n) is 12.7. The van der Waals surface area contributed by atoms with E-state index in [1.165, 1.54) is 0 Å². The van der Waals surface area contributed by atoms with Crippen LogP contribution in [0.25, 0.3) is 10.9 Å². The molecule has 1 aliphatic heterocycles. The van der Waals surface area contributed by atoms with Gasteiger partial charge in [-0.1, -0.05) is 0 Å². The molecular formula is C16H21N3O2. The van der Waals surface area contributed by atoms with E-state index in [2.05, 4.69) is 12.2 Å². The Morgan fingerprint density at radius 2 is 2.19 bits per heavy atom. The molecule has 21 heavy (non-hydrogen) atoms. The summed E-state index contributed by atoms with van der Waals surface area (Å²) < 4.78 is 7.22. The van der Waals surface area contributed by atoms with E-state index in [-0.39, 0.29) is 11.9 Å². The van der Waals surface area contributed by atoms with Crippen molar-refractivity contribution in [2.24, 2.45) is 7.05 Å². The van der Waals surface area contributed by atoms with E-state index in [1.54, 1.807) is 7.11 Å². The summed E-state index contributed by atoms with van der Waals surface area (Å²) >= 11 is 0. The Bertz CT molecular complexity index is 677. The van der Waals surface area contributed by atoms with Gasteiger partial charge in [0.25, 0.3) is 5.91 Å². The Morgan fingerprint density at radius 3 is 2.90 bits per heavy atom. The van der Waals surface area contributed by atoms with Crippen LogP contribution in [-0.2, 0) is 7.05 Å². The third-order valence-corrected chi connectivity index (χ3v) is 4.23. The molecule has 1 aliphatic rings. The average molecular weight is 287 g/mol. The third-order valence-electron chi connectivity index (χ3n) is 4.23. The van der Waals surface area contributed by atoms with Crippen LogP contribution < -0.4 is 10.1 Å². The number of fused-ring (bicyclic) bond motifs is 1. The number of nitrogens with zero attached hydrogens (tertiary/aromatic N) is 2. The van der Waals surface area contributed by atoms with Gasteiger partial charge in [-0.15, -0.1) is 0 Å². The number of amides is 1. The van der Waals surface area contributed by atoms with Gasteiger partial charge in [-0.05, 0) is 25.1 Å². The van der Waals surface area contributed by atoms with Gasteiger partial charge in [0.2, 0.25) is 0 Å². The molecule has 1 unspecified atom stereocenters. The van der Waals surface area contributed by atoms with E-state index in [4.69, 9.17) is 4.74 Å². The first kappa shape index (κ1) is 13.9. The summed E-state index contributed by atoms with van der Waals surface area (Å²) in [7, 11) is 3.58. The van der Waals surface area contributed by atoms with Gasteiger partial charge in [0, 0.05) is 44.2 Å². The zero-order chi connectivity index (χ0) is 15.0. The molecule has 0 radical (unpaired) electrons. The van der Waals surface area contributed by atoms with Crippen LogP contribution in [-0.4, -0.2) is 48.2 Å². The van der Waals surface area contributed by atoms with E-state index >= 15 is 0 Å². The maximum atomic E-state index is 12.8. The summed E-state index contributed by atoms with van der Waals surface area (Å²) in [4.78, 5) is 14.7. The van der Waals surface area contributed by atoms with Crippen molar-refractivity contribution in [2.45, 2.75) is 13.0 Å². The predicted octanol–water partition coefficient (Wildman–Crippen LogP) is 1.62. The number of ether oxygens (including phenoxy) is 1. The molecule has 0 aliphatic carbocycles. The highest BCUT2D eigenvalue weighted by Gasteiger charge is 2.26. The molecule has 112 valence electrons. The van der Waals surface area contributed by atoms with Crippen molar-refractivity contribution in [3.63, 3.8) is 0 Å². The van der Waals surface area contributed by atoms with Crippen molar-refractivity contribution in [2.75, 3.05) is 26.7 Å². The lowest BCUT2D eigenvalue weighted by atomic mass is 10.2. The number of carbonyl (C=O) groups excluding carboxylic acids is 1. The zero-order valence-corrected chi connectivity index (χ0v) is 12.7. The number of piperazine rings is 1. The Morgan fingerprint density at radius 1 is 1.38 bits per heavy atom. The van der Waals surface area contributed by atoms with Gasteiger partial charge in [-0.2, -0.15) is 0 Å². The molecule has 1 fully saturated rings. The molecule has 1 amide bonds. The molecule has 5 heteroatoms. The largest absolute Gasteiger partial charge is 0.497 e. The summed E-state index contributed by atoms with van der Waals surface area (Å²) in [5, 5.41) is 4.37. The lowest BCUT2D eigenvalue weighted by Crippen LogP contribution is -2.52. The fourth-order valence-electron chi connectivity index (χ4n) is 2.93. The first-order valence-corrected chi connectivity index (χ1v) is 7.27. The van der Waals surface area contributed by atoms with Crippen molar-refractivity contribution < 1.29 is 9.53 Å². The molecule has 1 aromatic carbocycles. The monoisotopic (exact) mass is 287 g/mol. The number of hydrogen-bond acceptors (Lipinski definition) is 3. The maximum absolute atomic E-state index is 12.8. The average Bonchev–Trinajstić information content (AvgIpc) is 2.83. The topological polar surface area (TPSA) is 46.5 Å². The number of nitrogens with one attached hydrogen (secondary N) is 1. The first-order valence-electron chi connectivity index (χ1n) is 7.27. The molecule has 5 nitrogen and oxygen atoms in total. The molecular weight excluding hydrogens is 266 g/mol. The standard InChI is InChI=1S/C16H21N3O2/c1-11-10-17-6-7-19(11)16(20)15-8-12-4-5-13(21-3)9-14(12)18(15)2/h4-5,8-9,11,17H,6-7,10H2,1-3H3. The number of aromatic nitrogens is 1. The summed E-state index contributed by atoms with van der Waals surface area (Å²) in [5.41, 5.74) is 1.74. The van der Waals surface area contributed by atoms with Crippen LogP contribution in [0.1, 0.15) is 17.4 Å². The van der Waals surface area contributed by atoms with Gasteiger partial charge in [-0.3, -0.25) is 4.79 Å². The number of benzene rings is 1. The van der Waals surface area contributed by atoms with Crippen molar-refractivity contribution in [1.29, 1.82) is 0 Å². The Hall–Kier alpha value is -2.01. The molecule has 1 atom stereocenters. The van der Waals surface area contributed by atoms with Crippen LogP contribution in [0.3, 0.4) is 0 Å². The van der Waals surface area contributed by atoms with Crippen molar-refractivity contribution in [1.82, 2.24) is 14.8 Å². The van der Waals surface area contributed by atoms with Gasteiger partial charge in [-0.25, -0.2) is 0 Å². The van der Waals surface area contributed by atoms with Crippen LogP contribution >= 0.6 is 0 Å². The van der Waals surface area contributed by atoms with Gasteiger partial charge >= 0.3 is 0 Å². The number of methoxy groups -OCH3 is 1. The van der Waals surface area contributed by atoms with E-state index in [0.717, 1.165) is 42.0 Å². The second-order valence-electron chi connectivity index (χ2n) is 5.57. The number of hydrogen-bond donors (Lipinski definition) is 1. The smallest absolute Gasteiger partial charge is 0.270 e. The predicted molar refractivity (Wildman–Crippen MR) is 82.8 cm³/mol. The van der Waals surface area contributed by atoms with Crippen LogP contribution in [0.4, 0.5) is 0 Å². The number of carbonyl (C=O) groups is 1. The summed E-state index contributed by atoms with van der Waals surface area (Å²) in [6.07, 6.45) is 0. The minimum absolute atomic E-state index is 0.0988. The molecule has 1 saturated heterocycles. The van der Waals surface area contributed by atoms with Crippen molar-refractivity contribution in [3.8, 4) is 5.75 Å². The van der Waals surface area contributed by atoms with E-state index < -0.39 is 0 Å². The summed E-state index contributed by atoms with van der Waals surface area (Å²) in [5.74, 6) is 0.903. The van der Waals surface area contributed by atoms with Gasteiger partial charge in [0.15, 0.2) is 0 Å². The molecule has 1 N–H and O–H groups in total. The maximum Gasteiger partial charge on any atom is 0.270 e. The van der Waals surface area contributed by atoms with Crippen LogP contribution in [0.2, 0.25) is 0 Å². The van der Waals surface area contributed by atoms with E-state index in [0.29, 0.717) is 0 Å². The third kappa shape index (κ3) is 2.38. The highest BCUT2D eigenvalue weighted by atomic mass is 16.5. The molecule has 0 spiro atoms. The second-order valence-corrected chi connectivity index (χ2v) is 5.57. The highest BCUT2D eigenvalue weighted by molar-refractivity contribution is 5.99. The Balaban J connectivity index is 2.00. The van der Waals surface area contributed by atoms with Crippen LogP contribution in [0, 0.1) is 0 Å². The van der Waals surface area contributed by atoms with Crippen LogP contribution in [0.5, 0.6) is 5.75 Å². The van der Waals surface area contributed by atoms with Crippen LogP contribution in [0.15, 0.2) is 24.3 Å². The molecule has 3 rings (SSSR count). The lowest BCUT2D eigenvalue weighted by Gasteiger charge is -2.34. The quantitative estimate of drug-likeness (QED) is 0.913. The van der Waals surface area contributed by atoms with Gasteiger partial charge < -0.3 is 19.5 Å². The minimum atomic E-state index is 0.0988. The second kappa shape index (κ2) is 5.41. The molecule has 0 bridgehead atoms. The van der Waals surface area contributed by atoms with E-state index in [1.807, 2.05) is 40.8 Å². The fraction of sp³-hybridized carbons (Fsp3) is 0.438. The van der Waals surface area contributed by atoms with Crippen molar-refractivity contribution >= 4 is 16.8 Å². The molecule has 2 heterocycles.